The Bertz CT molecular complexity index is 381. The van der Waals surface area contributed by atoms with Crippen molar-refractivity contribution in [2.75, 3.05) is 33.5 Å². The Hall–Kier alpha value is -1.43. The van der Waals surface area contributed by atoms with Crippen LogP contribution in [0.3, 0.4) is 0 Å². The third-order valence-corrected chi connectivity index (χ3v) is 2.50. The zero-order valence-corrected chi connectivity index (χ0v) is 11.3. The molecule has 0 unspecified atom stereocenters. The lowest BCUT2D eigenvalue weighted by molar-refractivity contribution is 0.0385. The van der Waals surface area contributed by atoms with Gasteiger partial charge in [-0.1, -0.05) is 12.1 Å². The van der Waals surface area contributed by atoms with Gasteiger partial charge < -0.3 is 19.9 Å². The second-order valence-electron chi connectivity index (χ2n) is 4.00. The fraction of sp³-hybridized carbons (Fsp3) is 0.500. The molecule has 0 aliphatic heterocycles. The van der Waals surface area contributed by atoms with Crippen LogP contribution >= 0.6 is 0 Å². The maximum Gasteiger partial charge on any atom is 0.338 e. The molecule has 1 rings (SSSR count). The van der Waals surface area contributed by atoms with Gasteiger partial charge in [0.2, 0.25) is 0 Å². The van der Waals surface area contributed by atoms with E-state index in [2.05, 4.69) is 0 Å². The highest BCUT2D eigenvalue weighted by Crippen LogP contribution is 2.06. The molecule has 0 bridgehead atoms. The smallest absolute Gasteiger partial charge is 0.338 e. The summed E-state index contributed by atoms with van der Waals surface area (Å²) >= 11 is 0. The van der Waals surface area contributed by atoms with Gasteiger partial charge in [-0.25, -0.2) is 4.79 Å². The Kier molecular flexibility index (Phi) is 7.81. The topological polar surface area (TPSA) is 70.8 Å². The molecule has 5 heteroatoms. The second-order valence-corrected chi connectivity index (χ2v) is 4.00. The van der Waals surface area contributed by atoms with Crippen molar-refractivity contribution in [3.05, 3.63) is 35.4 Å². The van der Waals surface area contributed by atoms with E-state index < -0.39 is 0 Å². The predicted octanol–water partition coefficient (Wildman–Crippen LogP) is 1.36. The van der Waals surface area contributed by atoms with Gasteiger partial charge in [0.05, 0.1) is 25.4 Å². The Balaban J connectivity index is 2.20. The quantitative estimate of drug-likeness (QED) is 0.540. The summed E-state index contributed by atoms with van der Waals surface area (Å²) in [7, 11) is 1.63. The van der Waals surface area contributed by atoms with Gasteiger partial charge in [-0.15, -0.1) is 0 Å². The number of hydrogen-bond acceptors (Lipinski definition) is 5. The van der Waals surface area contributed by atoms with Gasteiger partial charge in [-0.3, -0.25) is 0 Å². The number of benzene rings is 1. The average molecular weight is 267 g/mol. The van der Waals surface area contributed by atoms with E-state index in [9.17, 15) is 4.79 Å². The lowest BCUT2D eigenvalue weighted by Gasteiger charge is -2.06. The molecule has 0 heterocycles. The van der Waals surface area contributed by atoms with Gasteiger partial charge in [0.15, 0.2) is 0 Å². The Labute approximate surface area is 113 Å². The van der Waals surface area contributed by atoms with Crippen molar-refractivity contribution < 1.29 is 19.0 Å². The van der Waals surface area contributed by atoms with Crippen molar-refractivity contribution >= 4 is 5.97 Å². The molecule has 0 aliphatic carbocycles. The molecule has 0 aliphatic rings. The molecule has 1 aromatic rings. The molecular formula is C14H21NO4. The zero-order chi connectivity index (χ0) is 13.9. The predicted molar refractivity (Wildman–Crippen MR) is 71.9 cm³/mol. The lowest BCUT2D eigenvalue weighted by Crippen LogP contribution is -2.10. The summed E-state index contributed by atoms with van der Waals surface area (Å²) in [4.78, 5) is 11.7. The van der Waals surface area contributed by atoms with Crippen LogP contribution in [-0.4, -0.2) is 39.5 Å². The van der Waals surface area contributed by atoms with E-state index in [4.69, 9.17) is 19.9 Å². The monoisotopic (exact) mass is 267 g/mol. The van der Waals surface area contributed by atoms with E-state index in [1.54, 1.807) is 25.3 Å². The van der Waals surface area contributed by atoms with Crippen molar-refractivity contribution in [2.45, 2.75) is 13.0 Å². The molecule has 0 spiro atoms. The number of rotatable bonds is 9. The zero-order valence-electron chi connectivity index (χ0n) is 11.3. The van der Waals surface area contributed by atoms with Crippen LogP contribution in [0.25, 0.3) is 0 Å². The van der Waals surface area contributed by atoms with Gasteiger partial charge in [0.25, 0.3) is 0 Å². The Morgan fingerprint density at radius 1 is 1.21 bits per heavy atom. The number of esters is 1. The molecule has 0 atom stereocenters. The van der Waals surface area contributed by atoms with Crippen LogP contribution in [0.2, 0.25) is 0 Å². The summed E-state index contributed by atoms with van der Waals surface area (Å²) in [6.07, 6.45) is 0.673. The molecule has 1 aromatic carbocycles. The van der Waals surface area contributed by atoms with Crippen LogP contribution in [-0.2, 0) is 20.8 Å². The van der Waals surface area contributed by atoms with Gasteiger partial charge >= 0.3 is 5.97 Å². The maximum atomic E-state index is 11.7. The molecule has 0 aromatic heterocycles. The SMILES string of the molecule is COCCOCCCOC(=O)c1cccc(CN)c1. The summed E-state index contributed by atoms with van der Waals surface area (Å²) in [5.41, 5.74) is 6.96. The van der Waals surface area contributed by atoms with Crippen molar-refractivity contribution in [1.29, 1.82) is 0 Å². The van der Waals surface area contributed by atoms with Crippen LogP contribution in [0.5, 0.6) is 0 Å². The third-order valence-electron chi connectivity index (χ3n) is 2.50. The van der Waals surface area contributed by atoms with Crippen LogP contribution in [0.15, 0.2) is 24.3 Å². The lowest BCUT2D eigenvalue weighted by atomic mass is 10.1. The molecule has 0 radical (unpaired) electrons. The Morgan fingerprint density at radius 2 is 2.05 bits per heavy atom. The summed E-state index contributed by atoms with van der Waals surface area (Å²) in [5.74, 6) is -0.327. The summed E-state index contributed by atoms with van der Waals surface area (Å²) < 4.78 is 15.3. The highest BCUT2D eigenvalue weighted by Gasteiger charge is 2.06. The first kappa shape index (κ1) is 15.6. The van der Waals surface area contributed by atoms with Crippen molar-refractivity contribution in [3.63, 3.8) is 0 Å². The minimum Gasteiger partial charge on any atom is -0.462 e. The maximum absolute atomic E-state index is 11.7. The highest BCUT2D eigenvalue weighted by atomic mass is 16.5. The van der Waals surface area contributed by atoms with Gasteiger partial charge in [0.1, 0.15) is 0 Å². The van der Waals surface area contributed by atoms with E-state index in [1.807, 2.05) is 6.07 Å². The highest BCUT2D eigenvalue weighted by molar-refractivity contribution is 5.89. The van der Waals surface area contributed by atoms with Crippen molar-refractivity contribution in [1.82, 2.24) is 0 Å². The summed E-state index contributed by atoms with van der Waals surface area (Å²) in [6.45, 7) is 2.45. The number of carbonyl (C=O) groups is 1. The summed E-state index contributed by atoms with van der Waals surface area (Å²) in [6, 6.07) is 7.14. The number of ether oxygens (including phenoxy) is 3. The number of nitrogens with two attached hydrogens (primary N) is 1. The van der Waals surface area contributed by atoms with Crippen LogP contribution < -0.4 is 5.73 Å². The number of hydrogen-bond donors (Lipinski definition) is 1. The minimum absolute atomic E-state index is 0.327. The molecule has 2 N–H and O–H groups in total. The largest absolute Gasteiger partial charge is 0.462 e. The van der Waals surface area contributed by atoms with Crippen molar-refractivity contribution in [3.8, 4) is 0 Å². The standard InChI is InChI=1S/C14H21NO4/c1-17-8-9-18-6-3-7-19-14(16)13-5-2-4-12(10-13)11-15/h2,4-5,10H,3,6-9,11,15H2,1H3. The van der Waals surface area contributed by atoms with Crippen LogP contribution in [0.4, 0.5) is 0 Å². The first-order valence-corrected chi connectivity index (χ1v) is 6.30. The molecule has 5 nitrogen and oxygen atoms in total. The molecule has 0 saturated heterocycles. The van der Waals surface area contributed by atoms with Gasteiger partial charge in [-0.05, 0) is 17.7 Å². The number of carbonyl (C=O) groups excluding carboxylic acids is 1. The van der Waals surface area contributed by atoms with Gasteiger partial charge in [-0.2, -0.15) is 0 Å². The molecule has 0 amide bonds. The first-order chi connectivity index (χ1) is 9.27. The summed E-state index contributed by atoms with van der Waals surface area (Å²) in [5, 5.41) is 0. The van der Waals surface area contributed by atoms with Crippen LogP contribution in [0.1, 0.15) is 22.3 Å². The first-order valence-electron chi connectivity index (χ1n) is 6.30. The molecular weight excluding hydrogens is 246 g/mol. The minimum atomic E-state index is -0.327. The van der Waals surface area contributed by atoms with Gasteiger partial charge in [0, 0.05) is 26.7 Å². The molecule has 106 valence electrons. The van der Waals surface area contributed by atoms with E-state index in [0.29, 0.717) is 45.0 Å². The average Bonchev–Trinajstić information content (AvgIpc) is 2.46. The van der Waals surface area contributed by atoms with Crippen molar-refractivity contribution in [2.24, 2.45) is 5.73 Å². The second kappa shape index (κ2) is 9.49. The van der Waals surface area contributed by atoms with E-state index >= 15 is 0 Å². The normalized spacial score (nSPS) is 10.4. The van der Waals surface area contributed by atoms with Crippen LogP contribution in [0, 0.1) is 0 Å². The van der Waals surface area contributed by atoms with E-state index in [1.165, 1.54) is 0 Å². The molecule has 0 fully saturated rings. The fourth-order valence-electron chi connectivity index (χ4n) is 1.48. The third kappa shape index (κ3) is 6.33. The number of methoxy groups -OCH3 is 1. The Morgan fingerprint density at radius 3 is 2.79 bits per heavy atom. The fourth-order valence-corrected chi connectivity index (χ4v) is 1.48. The molecule has 19 heavy (non-hydrogen) atoms. The van der Waals surface area contributed by atoms with E-state index in [-0.39, 0.29) is 5.97 Å². The molecule has 0 saturated carbocycles. The van der Waals surface area contributed by atoms with E-state index in [0.717, 1.165) is 5.56 Å².